The van der Waals surface area contributed by atoms with E-state index in [1.54, 1.807) is 7.11 Å². The Bertz CT molecular complexity index is 383. The maximum Gasteiger partial charge on any atom is 0.119 e. The first-order valence-electron chi connectivity index (χ1n) is 7.56. The van der Waals surface area contributed by atoms with Crippen LogP contribution in [0, 0.1) is 11.8 Å². The third-order valence-electron chi connectivity index (χ3n) is 4.44. The van der Waals surface area contributed by atoms with Gasteiger partial charge >= 0.3 is 0 Å². The molecule has 1 fully saturated rings. The highest BCUT2D eigenvalue weighted by atomic mass is 16.5. The molecular formula is C17H27NO. The molecule has 1 aliphatic rings. The molecule has 1 atom stereocenters. The SMILES string of the molecule is COc1cccc([C@@H](C)NCC2CCC(C)CC2)c1. The highest BCUT2D eigenvalue weighted by Gasteiger charge is 2.18. The zero-order chi connectivity index (χ0) is 13.7. The molecule has 19 heavy (non-hydrogen) atoms. The van der Waals surface area contributed by atoms with Crippen molar-refractivity contribution in [3.05, 3.63) is 29.8 Å². The van der Waals surface area contributed by atoms with E-state index in [1.807, 2.05) is 6.07 Å². The summed E-state index contributed by atoms with van der Waals surface area (Å²) < 4.78 is 5.28. The topological polar surface area (TPSA) is 21.3 Å². The fourth-order valence-electron chi connectivity index (χ4n) is 2.91. The van der Waals surface area contributed by atoms with Crippen LogP contribution in [0.25, 0.3) is 0 Å². The zero-order valence-electron chi connectivity index (χ0n) is 12.5. The maximum absolute atomic E-state index is 5.28. The molecule has 0 spiro atoms. The highest BCUT2D eigenvalue weighted by molar-refractivity contribution is 5.30. The van der Waals surface area contributed by atoms with Crippen molar-refractivity contribution in [2.45, 2.75) is 45.6 Å². The summed E-state index contributed by atoms with van der Waals surface area (Å²) >= 11 is 0. The average molecular weight is 261 g/mol. The monoisotopic (exact) mass is 261 g/mol. The summed E-state index contributed by atoms with van der Waals surface area (Å²) in [5.41, 5.74) is 1.31. The van der Waals surface area contributed by atoms with E-state index in [0.717, 1.165) is 24.1 Å². The predicted molar refractivity (Wildman–Crippen MR) is 80.5 cm³/mol. The van der Waals surface area contributed by atoms with Crippen molar-refractivity contribution in [1.82, 2.24) is 5.32 Å². The van der Waals surface area contributed by atoms with E-state index < -0.39 is 0 Å². The quantitative estimate of drug-likeness (QED) is 0.859. The first-order chi connectivity index (χ1) is 9.19. The van der Waals surface area contributed by atoms with E-state index in [1.165, 1.54) is 31.2 Å². The molecule has 0 radical (unpaired) electrons. The van der Waals surface area contributed by atoms with Gasteiger partial charge in [-0.3, -0.25) is 0 Å². The first-order valence-corrected chi connectivity index (χ1v) is 7.56. The van der Waals surface area contributed by atoms with Crippen molar-refractivity contribution in [3.8, 4) is 5.75 Å². The summed E-state index contributed by atoms with van der Waals surface area (Å²) in [6, 6.07) is 8.76. The van der Waals surface area contributed by atoms with Crippen LogP contribution in [-0.4, -0.2) is 13.7 Å². The van der Waals surface area contributed by atoms with Crippen LogP contribution in [0.3, 0.4) is 0 Å². The van der Waals surface area contributed by atoms with Crippen molar-refractivity contribution in [3.63, 3.8) is 0 Å². The van der Waals surface area contributed by atoms with Gasteiger partial charge in [-0.05, 0) is 55.8 Å². The average Bonchev–Trinajstić information content (AvgIpc) is 2.46. The first kappa shape index (κ1) is 14.4. The Morgan fingerprint density at radius 1 is 1.26 bits per heavy atom. The standard InChI is InChI=1S/C17H27NO/c1-13-7-9-15(10-8-13)12-18-14(2)16-5-4-6-17(11-16)19-3/h4-6,11,13-15,18H,7-10,12H2,1-3H3/t13?,14-,15?/m1/s1. The molecule has 2 nitrogen and oxygen atoms in total. The molecule has 1 saturated carbocycles. The van der Waals surface area contributed by atoms with Crippen LogP contribution in [0.15, 0.2) is 24.3 Å². The van der Waals surface area contributed by atoms with Crippen LogP contribution in [0.4, 0.5) is 0 Å². The lowest BCUT2D eigenvalue weighted by Gasteiger charge is -2.27. The second-order valence-electron chi connectivity index (χ2n) is 6.03. The van der Waals surface area contributed by atoms with Gasteiger partial charge in [0.1, 0.15) is 5.75 Å². The Morgan fingerprint density at radius 3 is 2.68 bits per heavy atom. The number of rotatable bonds is 5. The number of hydrogen-bond acceptors (Lipinski definition) is 2. The summed E-state index contributed by atoms with van der Waals surface area (Å²) in [7, 11) is 1.72. The van der Waals surface area contributed by atoms with E-state index in [0.29, 0.717) is 6.04 Å². The molecule has 1 aromatic rings. The molecule has 0 bridgehead atoms. The van der Waals surface area contributed by atoms with Crippen LogP contribution in [0.5, 0.6) is 5.75 Å². The van der Waals surface area contributed by atoms with Gasteiger partial charge in [-0.1, -0.05) is 31.9 Å². The van der Waals surface area contributed by atoms with Gasteiger partial charge in [-0.2, -0.15) is 0 Å². The lowest BCUT2D eigenvalue weighted by Crippen LogP contribution is -2.28. The minimum absolute atomic E-state index is 0.398. The van der Waals surface area contributed by atoms with Crippen LogP contribution >= 0.6 is 0 Å². The summed E-state index contributed by atoms with van der Waals surface area (Å²) in [6.07, 6.45) is 5.58. The van der Waals surface area contributed by atoms with Gasteiger partial charge in [0, 0.05) is 6.04 Å². The molecule has 0 unspecified atom stereocenters. The minimum Gasteiger partial charge on any atom is -0.497 e. The minimum atomic E-state index is 0.398. The van der Waals surface area contributed by atoms with Gasteiger partial charge in [0.25, 0.3) is 0 Å². The van der Waals surface area contributed by atoms with Gasteiger partial charge in [-0.15, -0.1) is 0 Å². The van der Waals surface area contributed by atoms with Gasteiger partial charge in [0.2, 0.25) is 0 Å². The Morgan fingerprint density at radius 2 is 2.00 bits per heavy atom. The third kappa shape index (κ3) is 4.24. The van der Waals surface area contributed by atoms with Gasteiger partial charge in [0.05, 0.1) is 7.11 Å². The van der Waals surface area contributed by atoms with E-state index in [4.69, 9.17) is 4.74 Å². The number of benzene rings is 1. The van der Waals surface area contributed by atoms with Crippen molar-refractivity contribution >= 4 is 0 Å². The molecule has 0 saturated heterocycles. The van der Waals surface area contributed by atoms with E-state index in [-0.39, 0.29) is 0 Å². The Labute approximate surface area is 117 Å². The van der Waals surface area contributed by atoms with Crippen molar-refractivity contribution < 1.29 is 4.74 Å². The van der Waals surface area contributed by atoms with Gasteiger partial charge < -0.3 is 10.1 Å². The van der Waals surface area contributed by atoms with Gasteiger partial charge in [0.15, 0.2) is 0 Å². The molecule has 0 aromatic heterocycles. The smallest absolute Gasteiger partial charge is 0.119 e. The molecule has 0 amide bonds. The molecule has 0 aliphatic heterocycles. The lowest BCUT2D eigenvalue weighted by atomic mass is 9.83. The maximum atomic E-state index is 5.28. The highest BCUT2D eigenvalue weighted by Crippen LogP contribution is 2.28. The van der Waals surface area contributed by atoms with Crippen molar-refractivity contribution in [2.24, 2.45) is 11.8 Å². The van der Waals surface area contributed by atoms with Crippen LogP contribution < -0.4 is 10.1 Å². The van der Waals surface area contributed by atoms with E-state index in [9.17, 15) is 0 Å². The molecule has 2 rings (SSSR count). The number of ether oxygens (including phenoxy) is 1. The lowest BCUT2D eigenvalue weighted by molar-refractivity contribution is 0.276. The molecular weight excluding hydrogens is 234 g/mol. The summed E-state index contributed by atoms with van der Waals surface area (Å²) in [5.74, 6) is 2.74. The Hall–Kier alpha value is -1.02. The van der Waals surface area contributed by atoms with E-state index >= 15 is 0 Å². The van der Waals surface area contributed by atoms with Crippen LogP contribution in [-0.2, 0) is 0 Å². The Kier molecular flexibility index (Phi) is 5.26. The number of nitrogens with one attached hydrogen (secondary N) is 1. The molecule has 0 heterocycles. The summed E-state index contributed by atoms with van der Waals surface area (Å²) in [5, 5.41) is 3.68. The van der Waals surface area contributed by atoms with Crippen molar-refractivity contribution in [1.29, 1.82) is 0 Å². The Balaban J connectivity index is 1.81. The van der Waals surface area contributed by atoms with E-state index in [2.05, 4.69) is 37.4 Å². The summed E-state index contributed by atoms with van der Waals surface area (Å²) in [6.45, 7) is 5.76. The number of hydrogen-bond donors (Lipinski definition) is 1. The third-order valence-corrected chi connectivity index (χ3v) is 4.44. The fraction of sp³-hybridized carbons (Fsp3) is 0.647. The fourth-order valence-corrected chi connectivity index (χ4v) is 2.91. The second kappa shape index (κ2) is 6.95. The normalized spacial score (nSPS) is 25.0. The van der Waals surface area contributed by atoms with Crippen molar-refractivity contribution in [2.75, 3.05) is 13.7 Å². The predicted octanol–water partition coefficient (Wildman–Crippen LogP) is 4.17. The zero-order valence-corrected chi connectivity index (χ0v) is 12.5. The van der Waals surface area contributed by atoms with Crippen LogP contribution in [0.1, 0.15) is 51.1 Å². The van der Waals surface area contributed by atoms with Gasteiger partial charge in [-0.25, -0.2) is 0 Å². The second-order valence-corrected chi connectivity index (χ2v) is 6.03. The molecule has 1 N–H and O–H groups in total. The van der Waals surface area contributed by atoms with Crippen LogP contribution in [0.2, 0.25) is 0 Å². The largest absolute Gasteiger partial charge is 0.497 e. The number of methoxy groups -OCH3 is 1. The summed E-state index contributed by atoms with van der Waals surface area (Å²) in [4.78, 5) is 0. The molecule has 2 heteroatoms. The molecule has 106 valence electrons. The molecule has 1 aromatic carbocycles. The molecule has 1 aliphatic carbocycles.